The first-order valence-corrected chi connectivity index (χ1v) is 6.54. The van der Waals surface area contributed by atoms with Gasteiger partial charge in [0, 0.05) is 5.56 Å². The highest BCUT2D eigenvalue weighted by atomic mass is 16.3. The summed E-state index contributed by atoms with van der Waals surface area (Å²) in [6.07, 6.45) is 0. The fraction of sp³-hybridized carbons (Fsp3) is 0.267. The van der Waals surface area contributed by atoms with E-state index in [4.69, 9.17) is 4.42 Å². The molecule has 0 fully saturated rings. The summed E-state index contributed by atoms with van der Waals surface area (Å²) in [5.74, 6) is 1.80. The van der Waals surface area contributed by atoms with Crippen LogP contribution in [0.3, 0.4) is 0 Å². The smallest absolute Gasteiger partial charge is 0.323 e. The largest absolute Gasteiger partial charge is 0.466 e. The van der Waals surface area contributed by atoms with Gasteiger partial charge in [0.25, 0.3) is 0 Å². The molecule has 1 aromatic carbocycles. The molecule has 1 atom stereocenters. The van der Waals surface area contributed by atoms with Crippen LogP contribution in [0.1, 0.15) is 28.7 Å². The molecule has 3 aromatic rings. The molecular formula is C15H17N3O2. The third kappa shape index (κ3) is 2.06. The molecule has 3 rings (SSSR count). The van der Waals surface area contributed by atoms with Gasteiger partial charge in [0.2, 0.25) is 0 Å². The van der Waals surface area contributed by atoms with Gasteiger partial charge >= 0.3 is 5.69 Å². The second-order valence-electron chi connectivity index (χ2n) is 4.97. The van der Waals surface area contributed by atoms with Gasteiger partial charge in [-0.15, -0.1) is 0 Å². The lowest BCUT2D eigenvalue weighted by Crippen LogP contribution is -2.17. The molecule has 1 unspecified atom stereocenters. The van der Waals surface area contributed by atoms with Crippen molar-refractivity contribution in [2.24, 2.45) is 0 Å². The van der Waals surface area contributed by atoms with Crippen molar-refractivity contribution in [2.45, 2.75) is 19.9 Å². The second-order valence-corrected chi connectivity index (χ2v) is 4.97. The molecule has 5 nitrogen and oxygen atoms in total. The monoisotopic (exact) mass is 271 g/mol. The van der Waals surface area contributed by atoms with Crippen LogP contribution in [0.2, 0.25) is 0 Å². The summed E-state index contributed by atoms with van der Waals surface area (Å²) in [6.45, 7) is 3.90. The van der Waals surface area contributed by atoms with Gasteiger partial charge in [-0.1, -0.05) is 6.07 Å². The average molecular weight is 271 g/mol. The highest BCUT2D eigenvalue weighted by Crippen LogP contribution is 2.28. The Labute approximate surface area is 116 Å². The van der Waals surface area contributed by atoms with Crippen LogP contribution in [-0.2, 0) is 0 Å². The van der Waals surface area contributed by atoms with Crippen LogP contribution >= 0.6 is 0 Å². The van der Waals surface area contributed by atoms with Gasteiger partial charge in [-0.05, 0) is 44.7 Å². The number of nitrogens with one attached hydrogen (secondary N) is 3. The van der Waals surface area contributed by atoms with E-state index in [2.05, 4.69) is 15.3 Å². The number of aromatic nitrogens is 2. The summed E-state index contributed by atoms with van der Waals surface area (Å²) in [4.78, 5) is 16.9. The molecule has 2 heterocycles. The number of H-pyrrole nitrogens is 2. The Morgan fingerprint density at radius 1 is 1.15 bits per heavy atom. The van der Waals surface area contributed by atoms with E-state index in [1.807, 2.05) is 45.2 Å². The molecule has 0 aliphatic rings. The SMILES string of the molecule is CNC(c1ccc2[nH]c(=O)[nH]c2c1)c1cc(C)oc1C. The number of aromatic amines is 2. The standard InChI is InChI=1S/C15H17N3O2/c1-8-6-11(9(2)20-8)14(16-3)10-4-5-12-13(7-10)18-15(19)17-12/h4-7,14,16H,1-3H3,(H2,17,18,19). The van der Waals surface area contributed by atoms with Crippen molar-refractivity contribution in [3.05, 3.63) is 57.4 Å². The van der Waals surface area contributed by atoms with Crippen LogP contribution in [0.4, 0.5) is 0 Å². The molecule has 0 radical (unpaired) electrons. The molecule has 2 aromatic heterocycles. The minimum atomic E-state index is -0.187. The van der Waals surface area contributed by atoms with Gasteiger partial charge in [0.05, 0.1) is 17.1 Å². The Bertz CT molecular complexity index is 810. The lowest BCUT2D eigenvalue weighted by Gasteiger charge is -2.16. The number of furan rings is 1. The van der Waals surface area contributed by atoms with Gasteiger partial charge in [0.15, 0.2) is 0 Å². The summed E-state index contributed by atoms with van der Waals surface area (Å²) in [7, 11) is 1.91. The van der Waals surface area contributed by atoms with Crippen LogP contribution in [0.25, 0.3) is 11.0 Å². The highest BCUT2D eigenvalue weighted by Gasteiger charge is 2.18. The molecule has 0 aliphatic carbocycles. The van der Waals surface area contributed by atoms with E-state index in [-0.39, 0.29) is 11.7 Å². The van der Waals surface area contributed by atoms with E-state index in [1.54, 1.807) is 0 Å². The molecule has 0 saturated heterocycles. The number of imidazole rings is 1. The predicted octanol–water partition coefficient (Wildman–Crippen LogP) is 2.37. The molecule has 0 aliphatic heterocycles. The number of hydrogen-bond acceptors (Lipinski definition) is 3. The van der Waals surface area contributed by atoms with Gasteiger partial charge in [-0.25, -0.2) is 4.79 Å². The Balaban J connectivity index is 2.11. The lowest BCUT2D eigenvalue weighted by atomic mass is 9.98. The molecular weight excluding hydrogens is 254 g/mol. The zero-order valence-electron chi connectivity index (χ0n) is 11.7. The number of hydrogen-bond donors (Lipinski definition) is 3. The van der Waals surface area contributed by atoms with Crippen molar-refractivity contribution in [1.29, 1.82) is 0 Å². The molecule has 104 valence electrons. The number of fused-ring (bicyclic) bond motifs is 1. The van der Waals surface area contributed by atoms with Crippen molar-refractivity contribution >= 4 is 11.0 Å². The van der Waals surface area contributed by atoms with Gasteiger partial charge < -0.3 is 19.7 Å². The molecule has 20 heavy (non-hydrogen) atoms. The molecule has 0 bridgehead atoms. The van der Waals surface area contributed by atoms with Crippen LogP contribution in [0, 0.1) is 13.8 Å². The Morgan fingerprint density at radius 3 is 2.55 bits per heavy atom. The number of aryl methyl sites for hydroxylation is 2. The maximum absolute atomic E-state index is 11.3. The summed E-state index contributed by atoms with van der Waals surface area (Å²) in [5.41, 5.74) is 3.63. The zero-order chi connectivity index (χ0) is 14.3. The quantitative estimate of drug-likeness (QED) is 0.684. The Hall–Kier alpha value is -2.27. The third-order valence-electron chi connectivity index (χ3n) is 3.55. The highest BCUT2D eigenvalue weighted by molar-refractivity contribution is 5.75. The zero-order valence-corrected chi connectivity index (χ0v) is 11.7. The van der Waals surface area contributed by atoms with Crippen molar-refractivity contribution < 1.29 is 4.42 Å². The number of rotatable bonds is 3. The topological polar surface area (TPSA) is 73.8 Å². The van der Waals surface area contributed by atoms with E-state index in [0.717, 1.165) is 33.7 Å². The Morgan fingerprint density at radius 2 is 1.90 bits per heavy atom. The van der Waals surface area contributed by atoms with Crippen molar-refractivity contribution in [3.63, 3.8) is 0 Å². The molecule has 0 saturated carbocycles. The average Bonchev–Trinajstić information content (AvgIpc) is 2.92. The van der Waals surface area contributed by atoms with Gasteiger partial charge in [-0.3, -0.25) is 0 Å². The first-order valence-electron chi connectivity index (χ1n) is 6.54. The summed E-state index contributed by atoms with van der Waals surface area (Å²) < 4.78 is 5.61. The van der Waals surface area contributed by atoms with Crippen LogP contribution < -0.4 is 11.0 Å². The number of benzene rings is 1. The van der Waals surface area contributed by atoms with Crippen LogP contribution in [0.15, 0.2) is 33.5 Å². The maximum atomic E-state index is 11.3. The second kappa shape index (κ2) is 4.68. The van der Waals surface area contributed by atoms with E-state index in [0.29, 0.717) is 0 Å². The van der Waals surface area contributed by atoms with Crippen molar-refractivity contribution in [3.8, 4) is 0 Å². The first kappa shape index (κ1) is 12.7. The minimum Gasteiger partial charge on any atom is -0.466 e. The third-order valence-corrected chi connectivity index (χ3v) is 3.55. The molecule has 0 amide bonds. The van der Waals surface area contributed by atoms with E-state index in [1.165, 1.54) is 0 Å². The summed E-state index contributed by atoms with van der Waals surface area (Å²) in [6, 6.07) is 7.98. The fourth-order valence-electron chi connectivity index (χ4n) is 2.67. The van der Waals surface area contributed by atoms with E-state index >= 15 is 0 Å². The van der Waals surface area contributed by atoms with E-state index in [9.17, 15) is 4.79 Å². The minimum absolute atomic E-state index is 0.0373. The summed E-state index contributed by atoms with van der Waals surface area (Å²) in [5, 5.41) is 3.30. The van der Waals surface area contributed by atoms with Crippen LogP contribution in [0.5, 0.6) is 0 Å². The van der Waals surface area contributed by atoms with Gasteiger partial charge in [-0.2, -0.15) is 0 Å². The van der Waals surface area contributed by atoms with Crippen LogP contribution in [-0.4, -0.2) is 17.0 Å². The fourth-order valence-corrected chi connectivity index (χ4v) is 2.67. The maximum Gasteiger partial charge on any atom is 0.323 e. The first-order chi connectivity index (χ1) is 9.58. The van der Waals surface area contributed by atoms with Crippen molar-refractivity contribution in [1.82, 2.24) is 15.3 Å². The molecule has 3 N–H and O–H groups in total. The molecule has 0 spiro atoms. The predicted molar refractivity (Wildman–Crippen MR) is 78.0 cm³/mol. The van der Waals surface area contributed by atoms with E-state index < -0.39 is 0 Å². The van der Waals surface area contributed by atoms with Gasteiger partial charge in [0.1, 0.15) is 11.5 Å². The summed E-state index contributed by atoms with van der Waals surface area (Å²) >= 11 is 0. The normalized spacial score (nSPS) is 12.9. The van der Waals surface area contributed by atoms with Crippen molar-refractivity contribution in [2.75, 3.05) is 7.05 Å². The lowest BCUT2D eigenvalue weighted by molar-refractivity contribution is 0.497. The Kier molecular flexibility index (Phi) is 2.99. The molecule has 5 heteroatoms.